The summed E-state index contributed by atoms with van der Waals surface area (Å²) in [4.78, 5) is 12.0. The summed E-state index contributed by atoms with van der Waals surface area (Å²) in [6, 6.07) is 0. The van der Waals surface area contributed by atoms with Crippen LogP contribution < -0.4 is 5.73 Å². The van der Waals surface area contributed by atoms with Crippen molar-refractivity contribution in [1.29, 1.82) is 0 Å². The van der Waals surface area contributed by atoms with Gasteiger partial charge in [-0.2, -0.15) is 0 Å². The van der Waals surface area contributed by atoms with Crippen LogP contribution in [0.2, 0.25) is 0 Å². The first kappa shape index (κ1) is 14.7. The fraction of sp³-hybridized carbons (Fsp3) is 0.933. The monoisotopic (exact) mass is 239 g/mol. The maximum atomic E-state index is 12.0. The number of carbonyl (C=O) groups is 1. The van der Waals surface area contributed by atoms with Crippen LogP contribution in [0.25, 0.3) is 0 Å². The number of rotatable bonds is 7. The van der Waals surface area contributed by atoms with Gasteiger partial charge >= 0.3 is 0 Å². The van der Waals surface area contributed by atoms with Crippen LogP contribution in [-0.4, -0.2) is 12.3 Å². The molecule has 1 aliphatic carbocycles. The molecule has 1 aliphatic rings. The zero-order valence-electron chi connectivity index (χ0n) is 11.6. The molecule has 1 saturated carbocycles. The van der Waals surface area contributed by atoms with E-state index in [4.69, 9.17) is 5.73 Å². The Balaban J connectivity index is 2.26. The van der Waals surface area contributed by atoms with Crippen molar-refractivity contribution in [2.45, 2.75) is 65.2 Å². The normalized spacial score (nSPS) is 19.5. The maximum absolute atomic E-state index is 12.0. The molecular formula is C15H29NO. The van der Waals surface area contributed by atoms with E-state index in [1.807, 2.05) is 0 Å². The van der Waals surface area contributed by atoms with Gasteiger partial charge in [-0.1, -0.05) is 46.0 Å². The number of carbonyl (C=O) groups excluding carboxylic acids is 1. The highest BCUT2D eigenvalue weighted by atomic mass is 16.1. The summed E-state index contributed by atoms with van der Waals surface area (Å²) in [5.74, 6) is 2.18. The number of Topliss-reactive ketones (excluding diaryl/α,β-unsaturated/α-hetero) is 1. The standard InChI is InChI=1S/C15H29NO/c1-12(2)8-14(11-16)10-15(17)9-13-6-4-3-5-7-13/h12-14H,3-11,16H2,1-2H3. The van der Waals surface area contributed by atoms with Gasteiger partial charge in [0.05, 0.1) is 0 Å². The summed E-state index contributed by atoms with van der Waals surface area (Å²) < 4.78 is 0. The number of hydrogen-bond acceptors (Lipinski definition) is 2. The lowest BCUT2D eigenvalue weighted by atomic mass is 9.83. The number of nitrogens with two attached hydrogens (primary N) is 1. The van der Waals surface area contributed by atoms with Crippen molar-refractivity contribution in [1.82, 2.24) is 0 Å². The molecule has 1 atom stereocenters. The second kappa shape index (κ2) is 7.86. The maximum Gasteiger partial charge on any atom is 0.133 e. The van der Waals surface area contributed by atoms with Crippen molar-refractivity contribution >= 4 is 5.78 Å². The lowest BCUT2D eigenvalue weighted by Crippen LogP contribution is -2.21. The second-order valence-electron chi connectivity index (χ2n) is 6.18. The van der Waals surface area contributed by atoms with Gasteiger partial charge < -0.3 is 5.73 Å². The van der Waals surface area contributed by atoms with Crippen molar-refractivity contribution in [3.8, 4) is 0 Å². The number of ketones is 1. The molecule has 0 aliphatic heterocycles. The summed E-state index contributed by atoms with van der Waals surface area (Å²) in [6.07, 6.45) is 9.16. The van der Waals surface area contributed by atoms with E-state index in [1.165, 1.54) is 32.1 Å². The largest absolute Gasteiger partial charge is 0.330 e. The lowest BCUT2D eigenvalue weighted by Gasteiger charge is -2.22. The molecule has 0 aromatic rings. The minimum Gasteiger partial charge on any atom is -0.330 e. The van der Waals surface area contributed by atoms with Crippen molar-refractivity contribution in [3.05, 3.63) is 0 Å². The van der Waals surface area contributed by atoms with E-state index in [0.717, 1.165) is 12.8 Å². The van der Waals surface area contributed by atoms with E-state index < -0.39 is 0 Å². The highest BCUT2D eigenvalue weighted by molar-refractivity contribution is 5.78. The Bertz CT molecular complexity index is 219. The fourth-order valence-electron chi connectivity index (χ4n) is 3.05. The first-order valence-electron chi connectivity index (χ1n) is 7.33. The van der Waals surface area contributed by atoms with Crippen LogP contribution in [0, 0.1) is 17.8 Å². The molecule has 1 fully saturated rings. The molecule has 0 aromatic heterocycles. The molecule has 0 bridgehead atoms. The molecule has 0 spiro atoms. The van der Waals surface area contributed by atoms with Gasteiger partial charge in [0.15, 0.2) is 0 Å². The Hall–Kier alpha value is -0.370. The third-order valence-electron chi connectivity index (χ3n) is 3.90. The van der Waals surface area contributed by atoms with Gasteiger partial charge in [-0.15, -0.1) is 0 Å². The average Bonchev–Trinajstić information content (AvgIpc) is 2.28. The third-order valence-corrected chi connectivity index (χ3v) is 3.90. The summed E-state index contributed by atoms with van der Waals surface area (Å²) in [7, 11) is 0. The van der Waals surface area contributed by atoms with E-state index in [2.05, 4.69) is 13.8 Å². The predicted molar refractivity (Wildman–Crippen MR) is 72.8 cm³/mol. The molecule has 1 rings (SSSR count). The first-order chi connectivity index (χ1) is 8.11. The van der Waals surface area contributed by atoms with Crippen LogP contribution in [0.15, 0.2) is 0 Å². The molecular weight excluding hydrogens is 210 g/mol. The van der Waals surface area contributed by atoms with Gasteiger partial charge in [-0.25, -0.2) is 0 Å². The van der Waals surface area contributed by atoms with Crippen molar-refractivity contribution < 1.29 is 4.79 Å². The Morgan fingerprint density at radius 1 is 1.24 bits per heavy atom. The molecule has 0 saturated heterocycles. The van der Waals surface area contributed by atoms with Crippen molar-refractivity contribution in [2.24, 2.45) is 23.5 Å². The molecule has 1 unspecified atom stereocenters. The van der Waals surface area contributed by atoms with Crippen LogP contribution >= 0.6 is 0 Å². The minimum atomic E-state index is 0.408. The topological polar surface area (TPSA) is 43.1 Å². The van der Waals surface area contributed by atoms with Gasteiger partial charge in [0.25, 0.3) is 0 Å². The zero-order chi connectivity index (χ0) is 12.7. The Labute approximate surface area is 106 Å². The molecule has 0 amide bonds. The van der Waals surface area contributed by atoms with E-state index in [0.29, 0.717) is 36.5 Å². The molecule has 2 N–H and O–H groups in total. The summed E-state index contributed by atoms with van der Waals surface area (Å²) in [6.45, 7) is 5.07. The van der Waals surface area contributed by atoms with Gasteiger partial charge in [0.1, 0.15) is 5.78 Å². The zero-order valence-corrected chi connectivity index (χ0v) is 11.6. The SMILES string of the molecule is CC(C)CC(CN)CC(=O)CC1CCCCC1. The van der Waals surface area contributed by atoms with Crippen molar-refractivity contribution in [2.75, 3.05) is 6.54 Å². The van der Waals surface area contributed by atoms with E-state index >= 15 is 0 Å². The lowest BCUT2D eigenvalue weighted by molar-refractivity contribution is -0.121. The number of hydrogen-bond donors (Lipinski definition) is 1. The van der Waals surface area contributed by atoms with E-state index in [1.54, 1.807) is 0 Å². The van der Waals surface area contributed by atoms with Crippen LogP contribution in [0.3, 0.4) is 0 Å². The summed E-state index contributed by atoms with van der Waals surface area (Å²) >= 11 is 0. The molecule has 100 valence electrons. The molecule has 17 heavy (non-hydrogen) atoms. The highest BCUT2D eigenvalue weighted by Gasteiger charge is 2.19. The quantitative estimate of drug-likeness (QED) is 0.738. The molecule has 0 heterocycles. The third kappa shape index (κ3) is 6.21. The van der Waals surface area contributed by atoms with Crippen molar-refractivity contribution in [3.63, 3.8) is 0 Å². The summed E-state index contributed by atoms with van der Waals surface area (Å²) in [5.41, 5.74) is 5.75. The molecule has 2 heteroatoms. The van der Waals surface area contributed by atoms with Crippen LogP contribution in [0.4, 0.5) is 0 Å². The van der Waals surface area contributed by atoms with E-state index in [-0.39, 0.29) is 0 Å². The van der Waals surface area contributed by atoms with Gasteiger partial charge in [-0.3, -0.25) is 4.79 Å². The van der Waals surface area contributed by atoms with Crippen LogP contribution in [0.5, 0.6) is 0 Å². The predicted octanol–water partition coefficient (Wildman–Crippen LogP) is 3.54. The van der Waals surface area contributed by atoms with E-state index in [9.17, 15) is 4.79 Å². The van der Waals surface area contributed by atoms with Gasteiger partial charge in [0, 0.05) is 12.8 Å². The fourth-order valence-corrected chi connectivity index (χ4v) is 3.05. The molecule has 0 aromatic carbocycles. The van der Waals surface area contributed by atoms with Crippen LogP contribution in [-0.2, 0) is 4.79 Å². The Kier molecular flexibility index (Phi) is 6.79. The highest BCUT2D eigenvalue weighted by Crippen LogP contribution is 2.27. The summed E-state index contributed by atoms with van der Waals surface area (Å²) in [5, 5.41) is 0. The minimum absolute atomic E-state index is 0.408. The van der Waals surface area contributed by atoms with Gasteiger partial charge in [-0.05, 0) is 30.7 Å². The molecule has 0 radical (unpaired) electrons. The molecule has 2 nitrogen and oxygen atoms in total. The van der Waals surface area contributed by atoms with Crippen LogP contribution in [0.1, 0.15) is 65.2 Å². The first-order valence-corrected chi connectivity index (χ1v) is 7.33. The Morgan fingerprint density at radius 3 is 2.41 bits per heavy atom. The smallest absolute Gasteiger partial charge is 0.133 e. The Morgan fingerprint density at radius 2 is 1.88 bits per heavy atom. The van der Waals surface area contributed by atoms with Gasteiger partial charge in [0.2, 0.25) is 0 Å². The second-order valence-corrected chi connectivity index (χ2v) is 6.18. The average molecular weight is 239 g/mol.